The number of nitrogens with zero attached hydrogens (tertiary/aromatic N) is 1. The van der Waals surface area contributed by atoms with E-state index in [0.29, 0.717) is 17.2 Å². The maximum Gasteiger partial charge on any atom is 0.203 e. The molecule has 2 aromatic rings. The predicted molar refractivity (Wildman–Crippen MR) is 79.3 cm³/mol. The average molecular weight is 271 g/mol. The number of hydrogen-bond donors (Lipinski definition) is 0. The van der Waals surface area contributed by atoms with Crippen molar-refractivity contribution >= 4 is 12.2 Å². The molecule has 4 heteroatoms. The van der Waals surface area contributed by atoms with Gasteiger partial charge >= 0.3 is 0 Å². The molecular weight excluding hydrogens is 254 g/mol. The highest BCUT2D eigenvalue weighted by Crippen LogP contribution is 2.38. The quantitative estimate of drug-likeness (QED) is 0.836. The molecule has 0 aliphatic heterocycles. The summed E-state index contributed by atoms with van der Waals surface area (Å²) in [4.78, 5) is 4.24. The van der Waals surface area contributed by atoms with E-state index in [0.717, 1.165) is 11.3 Å². The third-order valence-corrected chi connectivity index (χ3v) is 2.82. The minimum Gasteiger partial charge on any atom is -0.493 e. The van der Waals surface area contributed by atoms with Crippen LogP contribution < -0.4 is 14.2 Å². The Labute approximate surface area is 118 Å². The van der Waals surface area contributed by atoms with Crippen molar-refractivity contribution in [3.05, 3.63) is 47.8 Å². The lowest BCUT2D eigenvalue weighted by Gasteiger charge is -2.12. The summed E-state index contributed by atoms with van der Waals surface area (Å²) in [5.74, 6) is 1.85. The fraction of sp³-hybridized carbons (Fsp3) is 0.188. The van der Waals surface area contributed by atoms with Crippen LogP contribution in [0.5, 0.6) is 17.2 Å². The first kappa shape index (κ1) is 13.9. The van der Waals surface area contributed by atoms with Gasteiger partial charge in [-0.2, -0.15) is 0 Å². The topological polar surface area (TPSA) is 40.6 Å². The van der Waals surface area contributed by atoms with Crippen molar-refractivity contribution in [2.24, 2.45) is 0 Å². The SMILES string of the molecule is COc1cc(C=Cc2ccccn2)cc(OC)c1OC. The molecule has 0 fully saturated rings. The number of aromatic nitrogens is 1. The number of benzene rings is 1. The molecule has 0 saturated heterocycles. The van der Waals surface area contributed by atoms with Crippen LogP contribution in [-0.4, -0.2) is 26.3 Å². The van der Waals surface area contributed by atoms with E-state index < -0.39 is 0 Å². The lowest BCUT2D eigenvalue weighted by molar-refractivity contribution is 0.324. The lowest BCUT2D eigenvalue weighted by Crippen LogP contribution is -1.95. The van der Waals surface area contributed by atoms with Crippen molar-refractivity contribution in [2.45, 2.75) is 0 Å². The predicted octanol–water partition coefficient (Wildman–Crippen LogP) is 3.28. The van der Waals surface area contributed by atoms with Gasteiger partial charge in [0.2, 0.25) is 5.75 Å². The standard InChI is InChI=1S/C16H17NO3/c1-18-14-10-12(11-15(19-2)16(14)20-3)7-8-13-6-4-5-9-17-13/h4-11H,1-3H3. The molecule has 0 bridgehead atoms. The zero-order valence-corrected chi connectivity index (χ0v) is 11.8. The Morgan fingerprint density at radius 1 is 0.900 bits per heavy atom. The summed E-state index contributed by atoms with van der Waals surface area (Å²) in [6, 6.07) is 9.55. The van der Waals surface area contributed by atoms with Crippen LogP contribution in [0.2, 0.25) is 0 Å². The van der Waals surface area contributed by atoms with E-state index in [9.17, 15) is 0 Å². The van der Waals surface area contributed by atoms with Gasteiger partial charge in [0.15, 0.2) is 11.5 Å². The zero-order chi connectivity index (χ0) is 14.4. The Bertz CT molecular complexity index is 569. The highest BCUT2D eigenvalue weighted by atomic mass is 16.5. The molecule has 104 valence electrons. The highest BCUT2D eigenvalue weighted by Gasteiger charge is 2.11. The van der Waals surface area contributed by atoms with E-state index in [1.165, 1.54) is 0 Å². The van der Waals surface area contributed by atoms with E-state index in [1.54, 1.807) is 27.5 Å². The minimum atomic E-state index is 0.588. The van der Waals surface area contributed by atoms with Gasteiger partial charge in [-0.15, -0.1) is 0 Å². The summed E-state index contributed by atoms with van der Waals surface area (Å²) < 4.78 is 15.9. The van der Waals surface area contributed by atoms with Crippen molar-refractivity contribution in [1.29, 1.82) is 0 Å². The van der Waals surface area contributed by atoms with Gasteiger partial charge in [0.1, 0.15) is 0 Å². The number of ether oxygens (including phenoxy) is 3. The molecule has 1 aromatic heterocycles. The van der Waals surface area contributed by atoms with E-state index in [-0.39, 0.29) is 0 Å². The first-order valence-electron chi connectivity index (χ1n) is 6.17. The van der Waals surface area contributed by atoms with Gasteiger partial charge in [-0.3, -0.25) is 4.98 Å². The van der Waals surface area contributed by atoms with Gasteiger partial charge in [0.05, 0.1) is 27.0 Å². The van der Waals surface area contributed by atoms with Crippen LogP contribution in [0.4, 0.5) is 0 Å². The third kappa shape index (κ3) is 3.09. The van der Waals surface area contributed by atoms with Gasteiger partial charge in [-0.25, -0.2) is 0 Å². The minimum absolute atomic E-state index is 0.588. The molecule has 0 N–H and O–H groups in total. The van der Waals surface area contributed by atoms with Gasteiger partial charge < -0.3 is 14.2 Å². The Morgan fingerprint density at radius 3 is 2.10 bits per heavy atom. The van der Waals surface area contributed by atoms with E-state index in [1.807, 2.05) is 42.5 Å². The van der Waals surface area contributed by atoms with E-state index >= 15 is 0 Å². The van der Waals surface area contributed by atoms with Gasteiger partial charge in [-0.05, 0) is 35.9 Å². The molecule has 1 heterocycles. The maximum atomic E-state index is 5.32. The molecule has 0 aliphatic rings. The number of methoxy groups -OCH3 is 3. The second-order valence-corrected chi connectivity index (χ2v) is 4.05. The summed E-state index contributed by atoms with van der Waals surface area (Å²) in [5.41, 5.74) is 1.84. The third-order valence-electron chi connectivity index (χ3n) is 2.82. The van der Waals surface area contributed by atoms with E-state index in [4.69, 9.17) is 14.2 Å². The normalized spacial score (nSPS) is 10.6. The summed E-state index contributed by atoms with van der Waals surface area (Å²) in [6.07, 6.45) is 5.64. The van der Waals surface area contributed by atoms with Crippen LogP contribution in [0.3, 0.4) is 0 Å². The smallest absolute Gasteiger partial charge is 0.203 e. The number of hydrogen-bond acceptors (Lipinski definition) is 4. The van der Waals surface area contributed by atoms with Crippen LogP contribution in [0, 0.1) is 0 Å². The van der Waals surface area contributed by atoms with Gasteiger partial charge in [-0.1, -0.05) is 12.1 Å². The number of pyridine rings is 1. The molecule has 20 heavy (non-hydrogen) atoms. The van der Waals surface area contributed by atoms with Crippen LogP contribution in [0.25, 0.3) is 12.2 Å². The summed E-state index contributed by atoms with van der Waals surface area (Å²) in [6.45, 7) is 0. The first-order chi connectivity index (χ1) is 9.78. The summed E-state index contributed by atoms with van der Waals surface area (Å²) >= 11 is 0. The Balaban J connectivity index is 2.35. The number of rotatable bonds is 5. The Morgan fingerprint density at radius 2 is 1.60 bits per heavy atom. The molecular formula is C16H17NO3. The molecule has 0 aliphatic carbocycles. The largest absolute Gasteiger partial charge is 0.493 e. The highest BCUT2D eigenvalue weighted by molar-refractivity contribution is 5.71. The fourth-order valence-electron chi connectivity index (χ4n) is 1.85. The Kier molecular flexibility index (Phi) is 4.60. The van der Waals surface area contributed by atoms with Crippen LogP contribution >= 0.6 is 0 Å². The van der Waals surface area contributed by atoms with Crippen molar-refractivity contribution in [3.63, 3.8) is 0 Å². The molecule has 0 saturated carbocycles. The summed E-state index contributed by atoms with van der Waals surface area (Å²) in [5, 5.41) is 0. The zero-order valence-electron chi connectivity index (χ0n) is 11.8. The maximum absolute atomic E-state index is 5.32. The molecule has 2 rings (SSSR count). The monoisotopic (exact) mass is 271 g/mol. The van der Waals surface area contributed by atoms with Gasteiger partial charge in [0, 0.05) is 6.20 Å². The lowest BCUT2D eigenvalue weighted by atomic mass is 10.1. The molecule has 4 nitrogen and oxygen atoms in total. The van der Waals surface area contributed by atoms with Crippen molar-refractivity contribution in [3.8, 4) is 17.2 Å². The van der Waals surface area contributed by atoms with Crippen molar-refractivity contribution in [2.75, 3.05) is 21.3 Å². The van der Waals surface area contributed by atoms with Crippen LogP contribution in [0.15, 0.2) is 36.5 Å². The van der Waals surface area contributed by atoms with Crippen molar-refractivity contribution in [1.82, 2.24) is 4.98 Å². The van der Waals surface area contributed by atoms with E-state index in [2.05, 4.69) is 4.98 Å². The second-order valence-electron chi connectivity index (χ2n) is 4.05. The van der Waals surface area contributed by atoms with Gasteiger partial charge in [0.25, 0.3) is 0 Å². The van der Waals surface area contributed by atoms with Crippen molar-refractivity contribution < 1.29 is 14.2 Å². The molecule has 0 radical (unpaired) electrons. The average Bonchev–Trinajstić information content (AvgIpc) is 2.52. The summed E-state index contributed by atoms with van der Waals surface area (Å²) in [7, 11) is 4.79. The second kappa shape index (κ2) is 6.61. The van der Waals surface area contributed by atoms with Crippen LogP contribution in [0.1, 0.15) is 11.3 Å². The fourth-order valence-corrected chi connectivity index (χ4v) is 1.85. The molecule has 0 atom stereocenters. The molecule has 0 unspecified atom stereocenters. The molecule has 1 aromatic carbocycles. The molecule has 0 spiro atoms. The first-order valence-corrected chi connectivity index (χ1v) is 6.17. The molecule has 0 amide bonds. The van der Waals surface area contributed by atoms with Crippen LogP contribution in [-0.2, 0) is 0 Å². The Hall–Kier alpha value is -2.49.